The Kier molecular flexibility index (Phi) is 4.61. The summed E-state index contributed by atoms with van der Waals surface area (Å²) in [6, 6.07) is 6.96. The number of likely N-dealkylation sites (N-methyl/N-ethyl adjacent to an activating group) is 1. The van der Waals surface area contributed by atoms with Gasteiger partial charge in [0.1, 0.15) is 0 Å². The molecular weight excluding hydrogens is 254 g/mol. The molecule has 1 aromatic carbocycles. The molecule has 0 radical (unpaired) electrons. The highest BCUT2D eigenvalue weighted by Gasteiger charge is 2.23. The fourth-order valence-electron chi connectivity index (χ4n) is 2.51. The van der Waals surface area contributed by atoms with Crippen molar-refractivity contribution in [2.45, 2.75) is 31.7 Å². The van der Waals surface area contributed by atoms with Gasteiger partial charge in [-0.3, -0.25) is 9.59 Å². The molecule has 0 heterocycles. The summed E-state index contributed by atoms with van der Waals surface area (Å²) in [4.78, 5) is 25.7. The molecule has 2 amide bonds. The Bertz CT molecular complexity index is 478. The molecule has 1 aromatic rings. The third-order valence-corrected chi connectivity index (χ3v) is 3.84. The Labute approximate surface area is 119 Å². The molecule has 0 atom stereocenters. The number of rotatable bonds is 4. The van der Waals surface area contributed by atoms with Gasteiger partial charge in [-0.15, -0.1) is 0 Å². The first kappa shape index (κ1) is 14.4. The molecule has 5 nitrogen and oxygen atoms in total. The van der Waals surface area contributed by atoms with Gasteiger partial charge in [-0.1, -0.05) is 12.8 Å². The Hall–Kier alpha value is -2.04. The number of amides is 2. The van der Waals surface area contributed by atoms with Crippen LogP contribution in [-0.2, 0) is 4.79 Å². The van der Waals surface area contributed by atoms with Gasteiger partial charge in [-0.2, -0.15) is 0 Å². The minimum atomic E-state index is -0.252. The number of hydrogen-bond donors (Lipinski definition) is 2. The first-order valence-electron chi connectivity index (χ1n) is 6.97. The Morgan fingerprint density at radius 3 is 2.45 bits per heavy atom. The van der Waals surface area contributed by atoms with E-state index in [9.17, 15) is 9.59 Å². The maximum absolute atomic E-state index is 12.0. The van der Waals surface area contributed by atoms with Crippen LogP contribution in [0.3, 0.4) is 0 Å². The first-order valence-corrected chi connectivity index (χ1v) is 6.97. The lowest BCUT2D eigenvalue weighted by molar-refractivity contribution is -0.130. The van der Waals surface area contributed by atoms with Crippen molar-refractivity contribution in [3.8, 4) is 0 Å². The van der Waals surface area contributed by atoms with Crippen molar-refractivity contribution in [1.82, 2.24) is 10.2 Å². The van der Waals surface area contributed by atoms with Gasteiger partial charge in [0, 0.05) is 24.3 Å². The molecule has 108 valence electrons. The second-order valence-electron chi connectivity index (χ2n) is 5.25. The van der Waals surface area contributed by atoms with Gasteiger partial charge in [-0.05, 0) is 37.1 Å². The van der Waals surface area contributed by atoms with Gasteiger partial charge in [0.2, 0.25) is 5.91 Å². The van der Waals surface area contributed by atoms with Crippen molar-refractivity contribution in [3.05, 3.63) is 29.8 Å². The summed E-state index contributed by atoms with van der Waals surface area (Å²) >= 11 is 0. The van der Waals surface area contributed by atoms with E-state index < -0.39 is 0 Å². The highest BCUT2D eigenvalue weighted by Crippen LogP contribution is 2.22. The van der Waals surface area contributed by atoms with Crippen LogP contribution in [0.2, 0.25) is 0 Å². The summed E-state index contributed by atoms with van der Waals surface area (Å²) in [6.07, 6.45) is 4.49. The summed E-state index contributed by atoms with van der Waals surface area (Å²) in [7, 11) is 1.81. The van der Waals surface area contributed by atoms with E-state index in [-0.39, 0.29) is 18.4 Å². The molecule has 0 aromatic heterocycles. The minimum absolute atomic E-state index is 0.0379. The molecule has 3 N–H and O–H groups in total. The lowest BCUT2D eigenvalue weighted by Gasteiger charge is -2.24. The van der Waals surface area contributed by atoms with Gasteiger partial charge in [0.15, 0.2) is 0 Å². The van der Waals surface area contributed by atoms with Crippen LogP contribution >= 0.6 is 0 Å². The maximum atomic E-state index is 12.0. The van der Waals surface area contributed by atoms with E-state index in [2.05, 4.69) is 5.32 Å². The fourth-order valence-corrected chi connectivity index (χ4v) is 2.51. The SMILES string of the molecule is CN(C(=O)CNC(=O)c1ccc(N)cc1)C1CCCC1. The molecule has 20 heavy (non-hydrogen) atoms. The number of nitrogens with two attached hydrogens (primary N) is 1. The lowest BCUT2D eigenvalue weighted by Crippen LogP contribution is -2.42. The second kappa shape index (κ2) is 6.41. The zero-order chi connectivity index (χ0) is 14.5. The number of nitrogen functional groups attached to an aromatic ring is 1. The van der Waals surface area contributed by atoms with E-state index in [1.807, 2.05) is 7.05 Å². The molecule has 0 bridgehead atoms. The standard InChI is InChI=1S/C15H21N3O2/c1-18(13-4-2-3-5-13)14(19)10-17-15(20)11-6-8-12(16)9-7-11/h6-9,13H,2-5,10,16H2,1H3,(H,17,20). The van der Waals surface area contributed by atoms with E-state index >= 15 is 0 Å². The molecule has 2 rings (SSSR count). The van der Waals surface area contributed by atoms with Crippen LogP contribution in [0.1, 0.15) is 36.0 Å². The van der Waals surface area contributed by atoms with Crippen LogP contribution in [0, 0.1) is 0 Å². The average Bonchev–Trinajstić information content (AvgIpc) is 2.98. The van der Waals surface area contributed by atoms with E-state index in [0.29, 0.717) is 17.3 Å². The number of hydrogen-bond acceptors (Lipinski definition) is 3. The Balaban J connectivity index is 1.83. The van der Waals surface area contributed by atoms with Crippen LogP contribution in [0.5, 0.6) is 0 Å². The molecule has 1 aliphatic rings. The summed E-state index contributed by atoms with van der Waals surface area (Å²) in [5.41, 5.74) is 6.69. The largest absolute Gasteiger partial charge is 0.399 e. The monoisotopic (exact) mass is 275 g/mol. The summed E-state index contributed by atoms with van der Waals surface area (Å²) in [6.45, 7) is 0.0379. The average molecular weight is 275 g/mol. The number of carbonyl (C=O) groups is 2. The molecule has 1 saturated carbocycles. The van der Waals surface area contributed by atoms with Gasteiger partial charge in [0.25, 0.3) is 5.91 Å². The van der Waals surface area contributed by atoms with Crippen LogP contribution in [0.4, 0.5) is 5.69 Å². The van der Waals surface area contributed by atoms with E-state index in [1.54, 1.807) is 29.2 Å². The van der Waals surface area contributed by atoms with Crippen molar-refractivity contribution in [2.75, 3.05) is 19.3 Å². The molecule has 1 fully saturated rings. The highest BCUT2D eigenvalue weighted by atomic mass is 16.2. The van der Waals surface area contributed by atoms with Gasteiger partial charge < -0.3 is 16.0 Å². The van der Waals surface area contributed by atoms with Crippen molar-refractivity contribution < 1.29 is 9.59 Å². The van der Waals surface area contributed by atoms with Crippen LogP contribution in [-0.4, -0.2) is 36.3 Å². The Morgan fingerprint density at radius 2 is 1.85 bits per heavy atom. The third-order valence-electron chi connectivity index (χ3n) is 3.84. The molecule has 1 aliphatic carbocycles. The molecule has 0 aliphatic heterocycles. The lowest BCUT2D eigenvalue weighted by atomic mass is 10.2. The zero-order valence-electron chi connectivity index (χ0n) is 11.8. The fraction of sp³-hybridized carbons (Fsp3) is 0.467. The minimum Gasteiger partial charge on any atom is -0.399 e. The summed E-state index contributed by atoms with van der Waals surface area (Å²) in [5.74, 6) is -0.293. The topological polar surface area (TPSA) is 75.4 Å². The van der Waals surface area contributed by atoms with Gasteiger partial charge in [0.05, 0.1) is 6.54 Å². The molecule has 0 spiro atoms. The van der Waals surface area contributed by atoms with Crippen molar-refractivity contribution in [3.63, 3.8) is 0 Å². The van der Waals surface area contributed by atoms with E-state index in [0.717, 1.165) is 12.8 Å². The number of benzene rings is 1. The molecule has 5 heteroatoms. The highest BCUT2D eigenvalue weighted by molar-refractivity contribution is 5.96. The quantitative estimate of drug-likeness (QED) is 0.816. The van der Waals surface area contributed by atoms with Gasteiger partial charge >= 0.3 is 0 Å². The van der Waals surface area contributed by atoms with Gasteiger partial charge in [-0.25, -0.2) is 0 Å². The van der Waals surface area contributed by atoms with Crippen molar-refractivity contribution in [2.24, 2.45) is 0 Å². The van der Waals surface area contributed by atoms with Crippen molar-refractivity contribution >= 4 is 17.5 Å². The molecule has 0 saturated heterocycles. The summed E-state index contributed by atoms with van der Waals surface area (Å²) in [5, 5.41) is 2.65. The van der Waals surface area contributed by atoms with Crippen LogP contribution < -0.4 is 11.1 Å². The van der Waals surface area contributed by atoms with Crippen molar-refractivity contribution in [1.29, 1.82) is 0 Å². The van der Waals surface area contributed by atoms with E-state index in [4.69, 9.17) is 5.73 Å². The molecule has 0 unspecified atom stereocenters. The molecular formula is C15H21N3O2. The third kappa shape index (κ3) is 3.50. The van der Waals surface area contributed by atoms with Crippen LogP contribution in [0.15, 0.2) is 24.3 Å². The number of nitrogens with zero attached hydrogens (tertiary/aromatic N) is 1. The number of anilines is 1. The normalized spacial score (nSPS) is 15.1. The summed E-state index contributed by atoms with van der Waals surface area (Å²) < 4.78 is 0. The van der Waals surface area contributed by atoms with E-state index in [1.165, 1.54) is 12.8 Å². The zero-order valence-corrected chi connectivity index (χ0v) is 11.8. The maximum Gasteiger partial charge on any atom is 0.251 e. The Morgan fingerprint density at radius 1 is 1.25 bits per heavy atom. The number of carbonyl (C=O) groups excluding carboxylic acids is 2. The first-order chi connectivity index (χ1) is 9.58. The number of nitrogens with one attached hydrogen (secondary N) is 1. The second-order valence-corrected chi connectivity index (χ2v) is 5.25. The predicted molar refractivity (Wildman–Crippen MR) is 78.2 cm³/mol. The predicted octanol–water partition coefficient (Wildman–Crippen LogP) is 1.40. The smallest absolute Gasteiger partial charge is 0.251 e. The van der Waals surface area contributed by atoms with Crippen LogP contribution in [0.25, 0.3) is 0 Å².